The zero-order valence-electron chi connectivity index (χ0n) is 8.75. The molecule has 3 N–H and O–H groups in total. The van der Waals surface area contributed by atoms with Gasteiger partial charge in [-0.3, -0.25) is 4.79 Å². The van der Waals surface area contributed by atoms with Gasteiger partial charge in [-0.2, -0.15) is 0 Å². The van der Waals surface area contributed by atoms with Gasteiger partial charge in [0.2, 0.25) is 5.91 Å². The molecule has 14 heavy (non-hydrogen) atoms. The maximum absolute atomic E-state index is 11.1. The van der Waals surface area contributed by atoms with Crippen LogP contribution in [0.3, 0.4) is 0 Å². The number of unbranched alkanes of at least 4 members (excludes halogenated alkanes) is 2. The van der Waals surface area contributed by atoms with Crippen LogP contribution in [-0.2, 0) is 14.4 Å². The lowest BCUT2D eigenvalue weighted by Crippen LogP contribution is -2.26. The van der Waals surface area contributed by atoms with Crippen LogP contribution in [0.1, 0.15) is 25.7 Å². The second-order valence-electron chi connectivity index (χ2n) is 3.02. The molecule has 0 saturated carbocycles. The van der Waals surface area contributed by atoms with Gasteiger partial charge in [-0.15, -0.1) is 0 Å². The maximum atomic E-state index is 11.1. The van der Waals surface area contributed by atoms with Crippen molar-refractivity contribution in [3.63, 3.8) is 0 Å². The molecule has 0 saturated heterocycles. The largest absolute Gasteiger partial charge is 0.383 e. The molecule has 5 nitrogen and oxygen atoms in total. The first kappa shape index (κ1) is 13.4. The molecule has 0 heterocycles. The number of carbonyl (C=O) groups excluding carboxylic acids is 1. The Morgan fingerprint density at radius 1 is 1.29 bits per heavy atom. The molecule has 0 aromatic rings. The third-order valence-electron chi connectivity index (χ3n) is 1.79. The van der Waals surface area contributed by atoms with Crippen molar-refractivity contribution in [1.82, 2.24) is 5.32 Å². The van der Waals surface area contributed by atoms with E-state index in [9.17, 15) is 4.79 Å². The molecule has 84 valence electrons. The molecular weight excluding hydrogens is 184 g/mol. The van der Waals surface area contributed by atoms with E-state index in [1.165, 1.54) is 0 Å². The number of hydrogen-bond acceptors (Lipinski definition) is 4. The highest BCUT2D eigenvalue weighted by molar-refractivity contribution is 5.75. The van der Waals surface area contributed by atoms with E-state index in [2.05, 4.69) is 10.2 Å². The number of ether oxygens (including phenoxy) is 1. The summed E-state index contributed by atoms with van der Waals surface area (Å²) in [6.45, 7) is 1.71. The average Bonchev–Trinajstić information content (AvgIpc) is 2.18. The summed E-state index contributed by atoms with van der Waals surface area (Å²) in [5.74, 6) is 4.94. The van der Waals surface area contributed by atoms with E-state index in [4.69, 9.17) is 10.6 Å². The highest BCUT2D eigenvalue weighted by Crippen LogP contribution is 1.99. The summed E-state index contributed by atoms with van der Waals surface area (Å²) >= 11 is 0. The lowest BCUT2D eigenvalue weighted by atomic mass is 10.2. The van der Waals surface area contributed by atoms with Crippen molar-refractivity contribution in [2.75, 3.05) is 26.9 Å². The van der Waals surface area contributed by atoms with Crippen LogP contribution < -0.4 is 11.2 Å². The Bertz CT molecular complexity index is 142. The monoisotopic (exact) mass is 204 g/mol. The van der Waals surface area contributed by atoms with Crippen molar-refractivity contribution in [2.24, 2.45) is 5.90 Å². The van der Waals surface area contributed by atoms with Gasteiger partial charge in [-0.25, -0.2) is 5.90 Å². The van der Waals surface area contributed by atoms with E-state index in [1.807, 2.05) is 0 Å². The second-order valence-corrected chi connectivity index (χ2v) is 3.02. The predicted octanol–water partition coefficient (Wildman–Crippen LogP) is 0.200. The van der Waals surface area contributed by atoms with Gasteiger partial charge < -0.3 is 14.9 Å². The Morgan fingerprint density at radius 3 is 2.71 bits per heavy atom. The number of hydrogen-bond donors (Lipinski definition) is 2. The Balaban J connectivity index is 3.10. The quantitative estimate of drug-likeness (QED) is 0.415. The molecule has 0 atom stereocenters. The van der Waals surface area contributed by atoms with E-state index in [0.29, 0.717) is 26.2 Å². The van der Waals surface area contributed by atoms with Crippen LogP contribution in [0.15, 0.2) is 0 Å². The summed E-state index contributed by atoms with van der Waals surface area (Å²) in [4.78, 5) is 15.5. The standard InChI is InChI=1S/C9H20N2O3/c1-13-8-6-11-9(12)5-3-2-4-7-14-10/h2-8,10H2,1H3,(H,11,12). The minimum absolute atomic E-state index is 0.0794. The predicted molar refractivity (Wildman–Crippen MR) is 53.5 cm³/mol. The second kappa shape index (κ2) is 10.4. The Morgan fingerprint density at radius 2 is 2.07 bits per heavy atom. The maximum Gasteiger partial charge on any atom is 0.220 e. The Kier molecular flexibility index (Phi) is 9.95. The number of amides is 1. The molecule has 0 spiro atoms. The normalized spacial score (nSPS) is 10.1. The molecule has 0 aliphatic heterocycles. The number of carbonyl (C=O) groups is 1. The molecular formula is C9H20N2O3. The first-order valence-corrected chi connectivity index (χ1v) is 4.88. The van der Waals surface area contributed by atoms with E-state index < -0.39 is 0 Å². The van der Waals surface area contributed by atoms with Crippen molar-refractivity contribution in [3.05, 3.63) is 0 Å². The Labute approximate surface area is 84.9 Å². The molecule has 0 rings (SSSR count). The van der Waals surface area contributed by atoms with E-state index in [-0.39, 0.29) is 5.91 Å². The highest BCUT2D eigenvalue weighted by atomic mass is 16.6. The van der Waals surface area contributed by atoms with Crippen LogP contribution >= 0.6 is 0 Å². The van der Waals surface area contributed by atoms with Gasteiger partial charge in [0, 0.05) is 20.1 Å². The fraction of sp³-hybridized carbons (Fsp3) is 0.889. The van der Waals surface area contributed by atoms with Crippen molar-refractivity contribution in [3.8, 4) is 0 Å². The summed E-state index contributed by atoms with van der Waals surface area (Å²) < 4.78 is 4.80. The molecule has 0 radical (unpaired) electrons. The summed E-state index contributed by atoms with van der Waals surface area (Å²) in [7, 11) is 1.61. The molecule has 0 aliphatic rings. The number of nitrogens with one attached hydrogen (secondary N) is 1. The summed E-state index contributed by atoms with van der Waals surface area (Å²) in [6.07, 6.45) is 3.31. The molecule has 1 amide bonds. The average molecular weight is 204 g/mol. The zero-order chi connectivity index (χ0) is 10.6. The first-order chi connectivity index (χ1) is 6.81. The van der Waals surface area contributed by atoms with Gasteiger partial charge in [0.25, 0.3) is 0 Å². The van der Waals surface area contributed by atoms with E-state index in [0.717, 1.165) is 19.3 Å². The topological polar surface area (TPSA) is 73.6 Å². The molecule has 0 unspecified atom stereocenters. The molecule has 0 aliphatic carbocycles. The fourth-order valence-corrected chi connectivity index (χ4v) is 1.03. The highest BCUT2D eigenvalue weighted by Gasteiger charge is 1.99. The molecule has 0 fully saturated rings. The van der Waals surface area contributed by atoms with Gasteiger partial charge in [-0.1, -0.05) is 6.42 Å². The third kappa shape index (κ3) is 9.44. The van der Waals surface area contributed by atoms with Gasteiger partial charge in [-0.05, 0) is 12.8 Å². The number of rotatable bonds is 9. The third-order valence-corrected chi connectivity index (χ3v) is 1.79. The van der Waals surface area contributed by atoms with Crippen LogP contribution in [0, 0.1) is 0 Å². The molecule has 0 aromatic heterocycles. The lowest BCUT2D eigenvalue weighted by Gasteiger charge is -2.03. The van der Waals surface area contributed by atoms with Gasteiger partial charge in [0.05, 0.1) is 13.2 Å². The van der Waals surface area contributed by atoms with Crippen molar-refractivity contribution in [1.29, 1.82) is 0 Å². The van der Waals surface area contributed by atoms with Crippen LogP contribution in [0.2, 0.25) is 0 Å². The zero-order valence-corrected chi connectivity index (χ0v) is 8.75. The SMILES string of the molecule is COCCNC(=O)CCCCCON. The minimum Gasteiger partial charge on any atom is -0.383 e. The Hall–Kier alpha value is -0.650. The van der Waals surface area contributed by atoms with Crippen molar-refractivity contribution < 1.29 is 14.4 Å². The van der Waals surface area contributed by atoms with Crippen molar-refractivity contribution in [2.45, 2.75) is 25.7 Å². The molecule has 0 aromatic carbocycles. The van der Waals surface area contributed by atoms with Crippen LogP contribution in [-0.4, -0.2) is 32.8 Å². The minimum atomic E-state index is 0.0794. The smallest absolute Gasteiger partial charge is 0.220 e. The molecule has 5 heteroatoms. The fourth-order valence-electron chi connectivity index (χ4n) is 1.03. The van der Waals surface area contributed by atoms with Gasteiger partial charge in [0.15, 0.2) is 0 Å². The number of methoxy groups -OCH3 is 1. The summed E-state index contributed by atoms with van der Waals surface area (Å²) in [6, 6.07) is 0. The van der Waals surface area contributed by atoms with Crippen molar-refractivity contribution >= 4 is 5.91 Å². The lowest BCUT2D eigenvalue weighted by molar-refractivity contribution is -0.121. The first-order valence-electron chi connectivity index (χ1n) is 4.88. The van der Waals surface area contributed by atoms with E-state index in [1.54, 1.807) is 7.11 Å². The molecule has 0 bridgehead atoms. The van der Waals surface area contributed by atoms with Crippen LogP contribution in [0.5, 0.6) is 0 Å². The number of nitrogens with two attached hydrogens (primary N) is 1. The van der Waals surface area contributed by atoms with Crippen LogP contribution in [0.4, 0.5) is 0 Å². The van der Waals surface area contributed by atoms with Crippen LogP contribution in [0.25, 0.3) is 0 Å². The summed E-state index contributed by atoms with van der Waals surface area (Å²) in [5.41, 5.74) is 0. The van der Waals surface area contributed by atoms with Gasteiger partial charge in [0.1, 0.15) is 0 Å². The van der Waals surface area contributed by atoms with Gasteiger partial charge >= 0.3 is 0 Å². The summed E-state index contributed by atoms with van der Waals surface area (Å²) in [5, 5.41) is 2.75. The van der Waals surface area contributed by atoms with E-state index >= 15 is 0 Å².